The molecule has 0 spiro atoms. The highest BCUT2D eigenvalue weighted by atomic mass is 16.3. The van der Waals surface area contributed by atoms with Crippen LogP contribution in [0.25, 0.3) is 0 Å². The van der Waals surface area contributed by atoms with E-state index < -0.39 is 0 Å². The lowest BCUT2D eigenvalue weighted by Gasteiger charge is -2.39. The maximum atomic E-state index is 9.48. The summed E-state index contributed by atoms with van der Waals surface area (Å²) in [6, 6.07) is 11.9. The highest BCUT2D eigenvalue weighted by Gasteiger charge is 2.32. The van der Waals surface area contributed by atoms with Crippen LogP contribution in [0.4, 0.5) is 0 Å². The lowest BCUT2D eigenvalue weighted by molar-refractivity contribution is 0.0733. The third kappa shape index (κ3) is 3.85. The van der Waals surface area contributed by atoms with E-state index in [2.05, 4.69) is 40.1 Å². The number of hydrogen-bond donors (Lipinski definition) is 1. The van der Waals surface area contributed by atoms with Crippen molar-refractivity contribution >= 4 is 0 Å². The Kier molecular flexibility index (Phi) is 5.28. The minimum atomic E-state index is 0.341. The maximum Gasteiger partial charge on any atom is 0.0586 e. The van der Waals surface area contributed by atoms with Gasteiger partial charge in [-0.15, -0.1) is 0 Å². The Balaban J connectivity index is 1.43. The number of aliphatic hydroxyl groups is 1. The van der Waals surface area contributed by atoms with E-state index in [-0.39, 0.29) is 0 Å². The number of rotatable bonds is 5. The van der Waals surface area contributed by atoms with Crippen molar-refractivity contribution in [3.63, 3.8) is 0 Å². The van der Waals surface area contributed by atoms with Crippen LogP contribution in [0.15, 0.2) is 30.3 Å². The van der Waals surface area contributed by atoms with Gasteiger partial charge in [0.15, 0.2) is 0 Å². The van der Waals surface area contributed by atoms with Gasteiger partial charge in [-0.2, -0.15) is 0 Å². The van der Waals surface area contributed by atoms with Gasteiger partial charge in [0.2, 0.25) is 0 Å². The smallest absolute Gasteiger partial charge is 0.0586 e. The molecule has 3 nitrogen and oxygen atoms in total. The summed E-state index contributed by atoms with van der Waals surface area (Å²) in [5.74, 6) is 0. The average molecular weight is 288 g/mol. The van der Waals surface area contributed by atoms with E-state index in [0.29, 0.717) is 18.7 Å². The molecule has 116 valence electrons. The first-order valence-electron chi connectivity index (χ1n) is 8.49. The van der Waals surface area contributed by atoms with Gasteiger partial charge < -0.3 is 10.0 Å². The van der Waals surface area contributed by atoms with E-state index in [0.717, 1.165) is 6.42 Å². The van der Waals surface area contributed by atoms with E-state index >= 15 is 0 Å². The second-order valence-electron chi connectivity index (χ2n) is 6.52. The van der Waals surface area contributed by atoms with Gasteiger partial charge >= 0.3 is 0 Å². The first kappa shape index (κ1) is 15.0. The molecule has 2 aliphatic heterocycles. The van der Waals surface area contributed by atoms with Gasteiger partial charge in [-0.25, -0.2) is 0 Å². The van der Waals surface area contributed by atoms with Gasteiger partial charge in [-0.05, 0) is 57.3 Å². The topological polar surface area (TPSA) is 26.7 Å². The molecule has 3 heteroatoms. The quantitative estimate of drug-likeness (QED) is 0.899. The number of nitrogens with zero attached hydrogens (tertiary/aromatic N) is 2. The third-order valence-electron chi connectivity index (χ3n) is 5.22. The van der Waals surface area contributed by atoms with Crippen LogP contribution in [0, 0.1) is 0 Å². The molecule has 0 amide bonds. The maximum absolute atomic E-state index is 9.48. The summed E-state index contributed by atoms with van der Waals surface area (Å²) in [6.07, 6.45) is 6.15. The van der Waals surface area contributed by atoms with Crippen LogP contribution in [-0.4, -0.2) is 59.8 Å². The first-order chi connectivity index (χ1) is 10.4. The molecule has 2 heterocycles. The number of benzene rings is 1. The summed E-state index contributed by atoms with van der Waals surface area (Å²) in [4.78, 5) is 5.18. The molecule has 0 aliphatic carbocycles. The fourth-order valence-electron chi connectivity index (χ4n) is 3.94. The van der Waals surface area contributed by atoms with Crippen LogP contribution in [0.1, 0.15) is 31.2 Å². The highest BCUT2D eigenvalue weighted by Crippen LogP contribution is 2.25. The predicted molar refractivity (Wildman–Crippen MR) is 86.4 cm³/mol. The molecule has 0 radical (unpaired) electrons. The van der Waals surface area contributed by atoms with Crippen LogP contribution < -0.4 is 0 Å². The number of hydrogen-bond acceptors (Lipinski definition) is 3. The molecule has 1 atom stereocenters. The fraction of sp³-hybridized carbons (Fsp3) is 0.667. The predicted octanol–water partition coefficient (Wildman–Crippen LogP) is 2.15. The SMILES string of the molecule is OCC1CCCN1C1CCN(CCc2ccccc2)CC1. The van der Waals surface area contributed by atoms with Crippen LogP contribution in [-0.2, 0) is 6.42 Å². The van der Waals surface area contributed by atoms with Gasteiger partial charge in [0, 0.05) is 18.6 Å². The van der Waals surface area contributed by atoms with E-state index in [1.54, 1.807) is 0 Å². The summed E-state index contributed by atoms with van der Waals surface area (Å²) < 4.78 is 0. The van der Waals surface area contributed by atoms with Crippen molar-refractivity contribution in [3.05, 3.63) is 35.9 Å². The zero-order chi connectivity index (χ0) is 14.5. The minimum Gasteiger partial charge on any atom is -0.395 e. The molecule has 2 aliphatic rings. The van der Waals surface area contributed by atoms with E-state index in [4.69, 9.17) is 0 Å². The molecule has 1 unspecified atom stereocenters. The average Bonchev–Trinajstić information content (AvgIpc) is 3.03. The van der Waals surface area contributed by atoms with E-state index in [9.17, 15) is 5.11 Å². The lowest BCUT2D eigenvalue weighted by atomic mass is 10.0. The van der Waals surface area contributed by atoms with Crippen molar-refractivity contribution in [1.82, 2.24) is 9.80 Å². The number of piperidine rings is 1. The van der Waals surface area contributed by atoms with Crippen molar-refractivity contribution in [1.29, 1.82) is 0 Å². The lowest BCUT2D eigenvalue weighted by Crippen LogP contribution is -2.47. The zero-order valence-corrected chi connectivity index (χ0v) is 13.0. The fourth-order valence-corrected chi connectivity index (χ4v) is 3.94. The summed E-state index contributed by atoms with van der Waals surface area (Å²) in [7, 11) is 0. The molecule has 0 aromatic heterocycles. The Bertz CT molecular complexity index is 414. The van der Waals surface area contributed by atoms with Gasteiger partial charge in [0.1, 0.15) is 0 Å². The van der Waals surface area contributed by atoms with Crippen molar-refractivity contribution in [2.45, 2.75) is 44.2 Å². The molecule has 1 aromatic rings. The number of likely N-dealkylation sites (tertiary alicyclic amines) is 2. The zero-order valence-electron chi connectivity index (χ0n) is 13.0. The molecule has 0 bridgehead atoms. The van der Waals surface area contributed by atoms with Crippen molar-refractivity contribution in [2.24, 2.45) is 0 Å². The molecule has 2 saturated heterocycles. The summed E-state index contributed by atoms with van der Waals surface area (Å²) in [5, 5.41) is 9.48. The standard InChI is InChI=1S/C18H28N2O/c21-15-18-7-4-11-20(18)17-9-13-19(14-10-17)12-8-16-5-2-1-3-6-16/h1-3,5-6,17-18,21H,4,7-15H2. The Hall–Kier alpha value is -0.900. The second-order valence-corrected chi connectivity index (χ2v) is 6.52. The Morgan fingerprint density at radius 2 is 1.76 bits per heavy atom. The van der Waals surface area contributed by atoms with Crippen molar-refractivity contribution in [2.75, 3.05) is 32.8 Å². The molecular formula is C18H28N2O. The van der Waals surface area contributed by atoms with E-state index in [1.807, 2.05) is 0 Å². The minimum absolute atomic E-state index is 0.341. The molecular weight excluding hydrogens is 260 g/mol. The van der Waals surface area contributed by atoms with Gasteiger partial charge in [-0.3, -0.25) is 4.90 Å². The Morgan fingerprint density at radius 3 is 2.48 bits per heavy atom. The van der Waals surface area contributed by atoms with Crippen LogP contribution in [0.2, 0.25) is 0 Å². The molecule has 3 rings (SSSR count). The second kappa shape index (κ2) is 7.39. The summed E-state index contributed by atoms with van der Waals surface area (Å²) in [5.41, 5.74) is 1.44. The molecule has 21 heavy (non-hydrogen) atoms. The van der Waals surface area contributed by atoms with Crippen molar-refractivity contribution < 1.29 is 5.11 Å². The molecule has 2 fully saturated rings. The number of aliphatic hydroxyl groups excluding tert-OH is 1. The van der Waals surface area contributed by atoms with Gasteiger partial charge in [0.05, 0.1) is 6.61 Å². The highest BCUT2D eigenvalue weighted by molar-refractivity contribution is 5.14. The molecule has 0 saturated carbocycles. The van der Waals surface area contributed by atoms with E-state index in [1.165, 1.54) is 57.4 Å². The molecule has 1 aromatic carbocycles. The van der Waals surface area contributed by atoms with Gasteiger partial charge in [0.25, 0.3) is 0 Å². The van der Waals surface area contributed by atoms with Crippen LogP contribution in [0.3, 0.4) is 0 Å². The van der Waals surface area contributed by atoms with Crippen LogP contribution >= 0.6 is 0 Å². The van der Waals surface area contributed by atoms with Crippen molar-refractivity contribution in [3.8, 4) is 0 Å². The molecule has 1 N–H and O–H groups in total. The summed E-state index contributed by atoms with van der Waals surface area (Å²) >= 11 is 0. The van der Waals surface area contributed by atoms with Crippen LogP contribution in [0.5, 0.6) is 0 Å². The summed E-state index contributed by atoms with van der Waals surface area (Å²) in [6.45, 7) is 5.15. The first-order valence-corrected chi connectivity index (χ1v) is 8.49. The third-order valence-corrected chi connectivity index (χ3v) is 5.22. The Labute approximate surface area is 128 Å². The largest absolute Gasteiger partial charge is 0.395 e. The normalized spacial score (nSPS) is 25.5. The Morgan fingerprint density at radius 1 is 1.00 bits per heavy atom. The monoisotopic (exact) mass is 288 g/mol. The van der Waals surface area contributed by atoms with Gasteiger partial charge in [-0.1, -0.05) is 30.3 Å².